The highest BCUT2D eigenvalue weighted by Gasteiger charge is 2.20. The van der Waals surface area contributed by atoms with E-state index < -0.39 is 0 Å². The smallest absolute Gasteiger partial charge is 0.136 e. The van der Waals surface area contributed by atoms with Crippen molar-refractivity contribution in [3.63, 3.8) is 0 Å². The Morgan fingerprint density at radius 3 is 1.62 bits per heavy atom. The first-order chi connectivity index (χ1) is 30.2. The van der Waals surface area contributed by atoms with E-state index in [0.717, 1.165) is 61.4 Å². The van der Waals surface area contributed by atoms with Gasteiger partial charge in [0.05, 0.1) is 22.4 Å². The van der Waals surface area contributed by atoms with Crippen LogP contribution in [0.15, 0.2) is 235 Å². The summed E-state index contributed by atoms with van der Waals surface area (Å²) in [4.78, 5) is 2.40. The molecule has 3 nitrogen and oxygen atoms in total. The van der Waals surface area contributed by atoms with Crippen molar-refractivity contribution in [2.45, 2.75) is 0 Å². The Balaban J connectivity index is 0.918. The van der Waals surface area contributed by atoms with Gasteiger partial charge in [-0.2, -0.15) is 0 Å². The molecule has 0 atom stereocenters. The molecule has 0 radical (unpaired) electrons. The third-order valence-corrected chi connectivity index (χ3v) is 12.2. The maximum absolute atomic E-state index is 6.37. The third-order valence-electron chi connectivity index (χ3n) is 12.2. The van der Waals surface area contributed by atoms with Gasteiger partial charge < -0.3 is 13.9 Å². The minimum Gasteiger partial charge on any atom is -0.456 e. The highest BCUT2D eigenvalue weighted by molar-refractivity contribution is 6.10. The van der Waals surface area contributed by atoms with E-state index in [2.05, 4.69) is 228 Å². The fourth-order valence-electron chi connectivity index (χ4n) is 9.30. The summed E-state index contributed by atoms with van der Waals surface area (Å²) in [5.74, 6) is 0. The SMILES string of the molecule is c1cc(-c2ccc(N(c3ccccc3-c3ccc4c(c3)oc3ccccc34)c3cccc4ccccc34)cc2)cc(-c2ccc(-n3c4ccccc4c4ccccc43)cc2)c1. The van der Waals surface area contributed by atoms with Gasteiger partial charge in [-0.3, -0.25) is 0 Å². The second-order valence-corrected chi connectivity index (χ2v) is 15.7. The zero-order chi connectivity index (χ0) is 40.3. The van der Waals surface area contributed by atoms with Crippen LogP contribution in [-0.4, -0.2) is 4.57 Å². The molecule has 0 aliphatic carbocycles. The van der Waals surface area contributed by atoms with Gasteiger partial charge in [0.25, 0.3) is 0 Å². The summed E-state index contributed by atoms with van der Waals surface area (Å²) in [5.41, 5.74) is 15.6. The van der Waals surface area contributed by atoms with Gasteiger partial charge in [0.15, 0.2) is 0 Å². The van der Waals surface area contributed by atoms with Gasteiger partial charge in [-0.25, -0.2) is 0 Å². The number of aromatic nitrogens is 1. The molecule has 0 amide bonds. The molecule has 0 N–H and O–H groups in total. The van der Waals surface area contributed by atoms with Gasteiger partial charge in [0.2, 0.25) is 0 Å². The van der Waals surface area contributed by atoms with Crippen molar-refractivity contribution in [3.8, 4) is 39.1 Å². The molecule has 0 aliphatic heterocycles. The van der Waals surface area contributed by atoms with Crippen molar-refractivity contribution in [1.29, 1.82) is 0 Å². The standard InChI is InChI=1S/C58H38N2O/c1-2-17-47-41(13-1)14-12-25-54(47)59(53-22-7-3-18-48(53)44-31-36-52-51-21-6-10-26-57(51)61-58(52)38-44)45-32-27-39(28-33-45)42-15-11-16-43(37-42)40-29-34-46(35-30-40)60-55-23-8-4-19-49(55)50-20-5-9-24-56(50)60/h1-38H. The molecule has 0 spiro atoms. The van der Waals surface area contributed by atoms with Crippen LogP contribution in [0.1, 0.15) is 0 Å². The van der Waals surface area contributed by atoms with E-state index in [-0.39, 0.29) is 0 Å². The monoisotopic (exact) mass is 778 g/mol. The largest absolute Gasteiger partial charge is 0.456 e. The zero-order valence-electron chi connectivity index (χ0n) is 33.2. The van der Waals surface area contributed by atoms with Crippen LogP contribution in [0.3, 0.4) is 0 Å². The van der Waals surface area contributed by atoms with Crippen LogP contribution in [0, 0.1) is 0 Å². The number of anilines is 3. The van der Waals surface area contributed by atoms with Crippen molar-refractivity contribution in [2.24, 2.45) is 0 Å². The van der Waals surface area contributed by atoms with E-state index in [1.165, 1.54) is 49.3 Å². The first-order valence-electron chi connectivity index (χ1n) is 20.8. The number of hydrogen-bond acceptors (Lipinski definition) is 2. The lowest BCUT2D eigenvalue weighted by molar-refractivity contribution is 0.669. The zero-order valence-corrected chi connectivity index (χ0v) is 33.2. The summed E-state index contributed by atoms with van der Waals surface area (Å²) in [5, 5.41) is 7.18. The van der Waals surface area contributed by atoms with E-state index in [1.807, 2.05) is 12.1 Å². The van der Waals surface area contributed by atoms with Crippen LogP contribution >= 0.6 is 0 Å². The number of para-hydroxylation sites is 4. The summed E-state index contributed by atoms with van der Waals surface area (Å²) in [6.07, 6.45) is 0. The fourth-order valence-corrected chi connectivity index (χ4v) is 9.30. The molecule has 286 valence electrons. The van der Waals surface area contributed by atoms with Crippen LogP contribution in [0.5, 0.6) is 0 Å². The first-order valence-corrected chi connectivity index (χ1v) is 20.8. The molecule has 0 saturated heterocycles. The van der Waals surface area contributed by atoms with E-state index in [9.17, 15) is 0 Å². The Morgan fingerprint density at radius 2 is 0.869 bits per heavy atom. The molecule has 2 aromatic heterocycles. The normalized spacial score (nSPS) is 11.6. The first kappa shape index (κ1) is 34.9. The molecule has 10 aromatic carbocycles. The lowest BCUT2D eigenvalue weighted by Gasteiger charge is -2.29. The van der Waals surface area contributed by atoms with Crippen molar-refractivity contribution in [1.82, 2.24) is 4.57 Å². The van der Waals surface area contributed by atoms with Gasteiger partial charge in [0.1, 0.15) is 11.2 Å². The van der Waals surface area contributed by atoms with Gasteiger partial charge in [-0.15, -0.1) is 0 Å². The van der Waals surface area contributed by atoms with Crippen LogP contribution in [-0.2, 0) is 0 Å². The molecule has 3 heteroatoms. The molecule has 61 heavy (non-hydrogen) atoms. The van der Waals surface area contributed by atoms with Gasteiger partial charge >= 0.3 is 0 Å². The van der Waals surface area contributed by atoms with Crippen LogP contribution in [0.4, 0.5) is 17.1 Å². The Hall–Kier alpha value is -8.14. The van der Waals surface area contributed by atoms with Crippen LogP contribution in [0.2, 0.25) is 0 Å². The van der Waals surface area contributed by atoms with Crippen molar-refractivity contribution in [3.05, 3.63) is 231 Å². The molecule has 0 aliphatic rings. The minimum atomic E-state index is 0.885. The molecule has 12 aromatic rings. The molecule has 2 heterocycles. The van der Waals surface area contributed by atoms with Gasteiger partial charge in [0, 0.05) is 43.9 Å². The van der Waals surface area contributed by atoms with Crippen molar-refractivity contribution >= 4 is 71.6 Å². The van der Waals surface area contributed by atoms with E-state index in [0.29, 0.717) is 0 Å². The molecular formula is C58H38N2O. The van der Waals surface area contributed by atoms with Crippen LogP contribution in [0.25, 0.3) is 93.6 Å². The topological polar surface area (TPSA) is 21.3 Å². The van der Waals surface area contributed by atoms with E-state index in [4.69, 9.17) is 4.42 Å². The number of rotatable bonds is 7. The average Bonchev–Trinajstić information content (AvgIpc) is 3.88. The van der Waals surface area contributed by atoms with Crippen molar-refractivity contribution in [2.75, 3.05) is 4.90 Å². The predicted octanol–water partition coefficient (Wildman–Crippen LogP) is 16.3. The maximum atomic E-state index is 6.37. The summed E-state index contributed by atoms with van der Waals surface area (Å²) in [6.45, 7) is 0. The predicted molar refractivity (Wildman–Crippen MR) is 257 cm³/mol. The second-order valence-electron chi connectivity index (χ2n) is 15.7. The Kier molecular flexibility index (Phi) is 8.17. The lowest BCUT2D eigenvalue weighted by Crippen LogP contribution is -2.11. The Labute approximate surface area is 353 Å². The molecule has 0 unspecified atom stereocenters. The average molecular weight is 779 g/mol. The third kappa shape index (κ3) is 5.90. The molecule has 0 saturated carbocycles. The Bertz CT molecular complexity index is 3530. The number of hydrogen-bond donors (Lipinski definition) is 0. The summed E-state index contributed by atoms with van der Waals surface area (Å²) in [7, 11) is 0. The summed E-state index contributed by atoms with van der Waals surface area (Å²) >= 11 is 0. The summed E-state index contributed by atoms with van der Waals surface area (Å²) in [6, 6.07) is 82.9. The fraction of sp³-hybridized carbons (Fsp3) is 0. The van der Waals surface area contributed by atoms with Crippen molar-refractivity contribution < 1.29 is 4.42 Å². The molecule has 0 fully saturated rings. The number of furan rings is 1. The van der Waals surface area contributed by atoms with Gasteiger partial charge in [-0.05, 0) is 106 Å². The van der Waals surface area contributed by atoms with Gasteiger partial charge in [-0.1, -0.05) is 158 Å². The molecular weight excluding hydrogens is 741 g/mol. The second kappa shape index (κ2) is 14.3. The minimum absolute atomic E-state index is 0.885. The number of fused-ring (bicyclic) bond motifs is 7. The highest BCUT2D eigenvalue weighted by atomic mass is 16.3. The van der Waals surface area contributed by atoms with E-state index >= 15 is 0 Å². The number of benzene rings is 10. The Morgan fingerprint density at radius 1 is 0.328 bits per heavy atom. The number of nitrogens with zero attached hydrogens (tertiary/aromatic N) is 2. The maximum Gasteiger partial charge on any atom is 0.136 e. The quantitative estimate of drug-likeness (QED) is 0.161. The molecule has 0 bridgehead atoms. The highest BCUT2D eigenvalue weighted by Crippen LogP contribution is 2.45. The molecule has 12 rings (SSSR count). The lowest BCUT2D eigenvalue weighted by atomic mass is 9.97. The van der Waals surface area contributed by atoms with Crippen LogP contribution < -0.4 is 4.90 Å². The van der Waals surface area contributed by atoms with E-state index in [1.54, 1.807) is 0 Å². The summed E-state index contributed by atoms with van der Waals surface area (Å²) < 4.78 is 8.73.